The van der Waals surface area contributed by atoms with E-state index in [1.165, 1.54) is 0 Å². The third kappa shape index (κ3) is 3.26. The maximum atomic E-state index is 12.7. The van der Waals surface area contributed by atoms with Crippen molar-refractivity contribution in [3.63, 3.8) is 0 Å². The summed E-state index contributed by atoms with van der Waals surface area (Å²) in [5, 5.41) is 2.25. The van der Waals surface area contributed by atoms with Crippen LogP contribution < -0.4 is 11.1 Å². The number of amides is 1. The molecule has 0 bridgehead atoms. The molecule has 1 atom stereocenters. The van der Waals surface area contributed by atoms with Gasteiger partial charge in [0.25, 0.3) is 5.91 Å². The van der Waals surface area contributed by atoms with Crippen LogP contribution in [0.4, 0.5) is 18.9 Å². The number of nitrogens with two attached hydrogens (primary N) is 1. The van der Waals surface area contributed by atoms with Crippen molar-refractivity contribution >= 4 is 11.6 Å². The summed E-state index contributed by atoms with van der Waals surface area (Å²) in [5.41, 5.74) is 3.26. The topological polar surface area (TPSA) is 55.1 Å². The molecule has 0 aromatic heterocycles. The van der Waals surface area contributed by atoms with Gasteiger partial charge in [0, 0.05) is 5.69 Å². The minimum absolute atomic E-state index is 0.0754. The summed E-state index contributed by atoms with van der Waals surface area (Å²) < 4.78 is 38.0. The first-order valence-electron chi connectivity index (χ1n) is 5.83. The number of anilines is 1. The van der Waals surface area contributed by atoms with E-state index < -0.39 is 17.6 Å². The van der Waals surface area contributed by atoms with E-state index in [-0.39, 0.29) is 5.92 Å². The third-order valence-electron chi connectivity index (χ3n) is 2.89. The second kappa shape index (κ2) is 5.21. The smallest absolute Gasteiger partial charge is 0.324 e. The predicted octanol–water partition coefficient (Wildman–Crippen LogP) is 3.03. The molecule has 3 N–H and O–H groups in total. The van der Waals surface area contributed by atoms with Gasteiger partial charge >= 0.3 is 6.18 Å². The molecule has 0 radical (unpaired) electrons. The van der Waals surface area contributed by atoms with Gasteiger partial charge in [0.1, 0.15) is 0 Å². The van der Waals surface area contributed by atoms with Crippen LogP contribution in [0.25, 0.3) is 0 Å². The first kappa shape index (κ1) is 15.5. The SMILES string of the molecule is CC(C)c1ccccc1NC(=O)C(C)(N)C(F)(F)F. The Morgan fingerprint density at radius 3 is 2.26 bits per heavy atom. The molecule has 0 spiro atoms. The van der Waals surface area contributed by atoms with Crippen molar-refractivity contribution in [2.45, 2.75) is 38.4 Å². The zero-order valence-corrected chi connectivity index (χ0v) is 11.0. The number of alkyl halides is 3. The van der Waals surface area contributed by atoms with Crippen LogP contribution in [-0.2, 0) is 4.79 Å². The highest BCUT2D eigenvalue weighted by Gasteiger charge is 2.54. The standard InChI is InChI=1S/C13H17F3N2O/c1-8(2)9-6-4-5-7-10(9)18-11(19)12(3,17)13(14,15)16/h4-8H,17H2,1-3H3,(H,18,19). The second-order valence-electron chi connectivity index (χ2n) is 4.90. The van der Waals surface area contributed by atoms with E-state index in [2.05, 4.69) is 5.32 Å². The molecular weight excluding hydrogens is 257 g/mol. The highest BCUT2D eigenvalue weighted by Crippen LogP contribution is 2.30. The average molecular weight is 274 g/mol. The number of nitrogens with one attached hydrogen (secondary N) is 1. The van der Waals surface area contributed by atoms with Crippen molar-refractivity contribution in [1.82, 2.24) is 0 Å². The average Bonchev–Trinajstić information content (AvgIpc) is 2.27. The van der Waals surface area contributed by atoms with Gasteiger partial charge in [0.2, 0.25) is 0 Å². The van der Waals surface area contributed by atoms with E-state index in [0.717, 1.165) is 5.56 Å². The summed E-state index contributed by atoms with van der Waals surface area (Å²) in [6.45, 7) is 4.42. The Hall–Kier alpha value is -1.56. The molecule has 0 aliphatic rings. The predicted molar refractivity (Wildman–Crippen MR) is 67.8 cm³/mol. The first-order chi connectivity index (χ1) is 8.57. The molecule has 0 saturated carbocycles. The van der Waals surface area contributed by atoms with E-state index >= 15 is 0 Å². The third-order valence-corrected chi connectivity index (χ3v) is 2.89. The van der Waals surface area contributed by atoms with E-state index in [1.54, 1.807) is 24.3 Å². The second-order valence-corrected chi connectivity index (χ2v) is 4.90. The lowest BCUT2D eigenvalue weighted by atomic mass is 9.99. The molecule has 0 saturated heterocycles. The van der Waals surface area contributed by atoms with Crippen LogP contribution in [0.2, 0.25) is 0 Å². The largest absolute Gasteiger partial charge is 0.415 e. The van der Waals surface area contributed by atoms with Crippen LogP contribution in [0.5, 0.6) is 0 Å². The number of benzene rings is 1. The molecule has 1 rings (SSSR count). The van der Waals surface area contributed by atoms with Crippen molar-refractivity contribution in [2.24, 2.45) is 5.73 Å². The first-order valence-corrected chi connectivity index (χ1v) is 5.83. The molecule has 6 heteroatoms. The minimum Gasteiger partial charge on any atom is -0.324 e. The molecule has 106 valence electrons. The number of hydrogen-bond acceptors (Lipinski definition) is 2. The van der Waals surface area contributed by atoms with Crippen molar-refractivity contribution in [3.05, 3.63) is 29.8 Å². The van der Waals surface area contributed by atoms with Crippen molar-refractivity contribution in [3.8, 4) is 0 Å². The summed E-state index contributed by atoms with van der Waals surface area (Å²) in [6.07, 6.45) is -4.80. The highest BCUT2D eigenvalue weighted by molar-refractivity contribution is 5.98. The van der Waals surface area contributed by atoms with Crippen molar-refractivity contribution in [2.75, 3.05) is 5.32 Å². The molecule has 0 fully saturated rings. The van der Waals surface area contributed by atoms with E-state index in [9.17, 15) is 18.0 Å². The summed E-state index contributed by atoms with van der Waals surface area (Å²) in [6, 6.07) is 6.71. The van der Waals surface area contributed by atoms with E-state index in [0.29, 0.717) is 12.6 Å². The number of hydrogen-bond donors (Lipinski definition) is 2. The quantitative estimate of drug-likeness (QED) is 0.890. The Morgan fingerprint density at radius 2 is 1.79 bits per heavy atom. The Morgan fingerprint density at radius 1 is 1.26 bits per heavy atom. The Bertz CT molecular complexity index is 467. The zero-order chi connectivity index (χ0) is 14.8. The van der Waals surface area contributed by atoms with Gasteiger partial charge in [0.15, 0.2) is 5.54 Å². The van der Waals surface area contributed by atoms with Gasteiger partial charge in [0.05, 0.1) is 0 Å². The zero-order valence-electron chi connectivity index (χ0n) is 11.0. The van der Waals surface area contributed by atoms with Crippen LogP contribution in [-0.4, -0.2) is 17.6 Å². The summed E-state index contributed by atoms with van der Waals surface area (Å²) in [4.78, 5) is 11.7. The van der Waals surface area contributed by atoms with E-state index in [1.807, 2.05) is 13.8 Å². The number of halogens is 3. The molecular formula is C13H17F3N2O. The van der Waals surface area contributed by atoms with Gasteiger partial charge in [-0.05, 0) is 24.5 Å². The molecule has 1 unspecified atom stereocenters. The van der Waals surface area contributed by atoms with Gasteiger partial charge in [-0.2, -0.15) is 13.2 Å². The van der Waals surface area contributed by atoms with Gasteiger partial charge in [-0.3, -0.25) is 4.79 Å². The van der Waals surface area contributed by atoms with Crippen LogP contribution in [0.3, 0.4) is 0 Å². The Labute approximate surface area is 110 Å². The number of rotatable bonds is 3. The molecule has 1 amide bonds. The van der Waals surface area contributed by atoms with Crippen LogP contribution >= 0.6 is 0 Å². The fourth-order valence-electron chi connectivity index (χ4n) is 1.50. The molecule has 19 heavy (non-hydrogen) atoms. The Kier molecular flexibility index (Phi) is 4.25. The lowest BCUT2D eigenvalue weighted by molar-refractivity contribution is -0.184. The molecule has 0 aliphatic heterocycles. The number of carbonyl (C=O) groups excluding carboxylic acids is 1. The Balaban J connectivity index is 3.01. The summed E-state index contributed by atoms with van der Waals surface area (Å²) in [7, 11) is 0. The maximum Gasteiger partial charge on any atom is 0.415 e. The molecule has 3 nitrogen and oxygen atoms in total. The van der Waals surface area contributed by atoms with Gasteiger partial charge in [-0.15, -0.1) is 0 Å². The molecule has 0 aliphatic carbocycles. The van der Waals surface area contributed by atoms with Gasteiger partial charge in [-0.1, -0.05) is 32.0 Å². The fraction of sp³-hybridized carbons (Fsp3) is 0.462. The van der Waals surface area contributed by atoms with E-state index in [4.69, 9.17) is 5.73 Å². The van der Waals surface area contributed by atoms with Crippen molar-refractivity contribution in [1.29, 1.82) is 0 Å². The molecule has 0 heterocycles. The minimum atomic E-state index is -4.80. The van der Waals surface area contributed by atoms with Crippen molar-refractivity contribution < 1.29 is 18.0 Å². The lowest BCUT2D eigenvalue weighted by Gasteiger charge is -2.27. The maximum absolute atomic E-state index is 12.7. The highest BCUT2D eigenvalue weighted by atomic mass is 19.4. The normalized spacial score (nSPS) is 15.2. The summed E-state index contributed by atoms with van der Waals surface area (Å²) >= 11 is 0. The monoisotopic (exact) mass is 274 g/mol. The van der Waals surface area contributed by atoms with Crippen LogP contribution in [0, 0.1) is 0 Å². The van der Waals surface area contributed by atoms with Gasteiger partial charge in [-0.25, -0.2) is 0 Å². The number of carbonyl (C=O) groups is 1. The molecule has 1 aromatic rings. The van der Waals surface area contributed by atoms with Crippen LogP contribution in [0.15, 0.2) is 24.3 Å². The van der Waals surface area contributed by atoms with Crippen LogP contribution in [0.1, 0.15) is 32.3 Å². The fourth-order valence-corrected chi connectivity index (χ4v) is 1.50. The summed E-state index contributed by atoms with van der Waals surface area (Å²) in [5.74, 6) is -1.19. The lowest BCUT2D eigenvalue weighted by Crippen LogP contribution is -2.59. The molecule has 1 aromatic carbocycles. The van der Waals surface area contributed by atoms with Gasteiger partial charge < -0.3 is 11.1 Å². The number of para-hydroxylation sites is 1.